The van der Waals surface area contributed by atoms with Gasteiger partial charge in [0, 0.05) is 22.3 Å². The van der Waals surface area contributed by atoms with Gasteiger partial charge in [-0.1, -0.05) is 84.9 Å². The fourth-order valence-electron chi connectivity index (χ4n) is 3.16. The average Bonchev–Trinajstić information content (AvgIpc) is 2.79. The summed E-state index contributed by atoms with van der Waals surface area (Å²) < 4.78 is 5.58. The van der Waals surface area contributed by atoms with Crippen molar-refractivity contribution in [1.29, 1.82) is 0 Å². The maximum absolute atomic E-state index is 12.1. The Morgan fingerprint density at radius 2 is 0.655 bits per heavy atom. The third kappa shape index (κ3) is 3.99. The van der Waals surface area contributed by atoms with Crippen molar-refractivity contribution in [1.82, 2.24) is 0 Å². The molecule has 0 spiro atoms. The molecular weight excluding hydrogens is 360 g/mol. The Balaban J connectivity index is 0.000000145. The van der Waals surface area contributed by atoms with Crippen LogP contribution < -0.4 is 4.74 Å². The van der Waals surface area contributed by atoms with Gasteiger partial charge in [0.2, 0.25) is 0 Å². The summed E-state index contributed by atoms with van der Waals surface area (Å²) >= 11 is 0. The first-order valence-electron chi connectivity index (χ1n) is 9.29. The van der Waals surface area contributed by atoms with Crippen LogP contribution in [0.1, 0.15) is 31.8 Å². The van der Waals surface area contributed by atoms with Crippen molar-refractivity contribution in [3.05, 3.63) is 131 Å². The van der Waals surface area contributed by atoms with Crippen LogP contribution in [0.2, 0.25) is 0 Å². The summed E-state index contributed by atoms with van der Waals surface area (Å²) in [6.07, 6.45) is 0. The van der Waals surface area contributed by atoms with Crippen molar-refractivity contribution in [2.24, 2.45) is 0 Å². The lowest BCUT2D eigenvalue weighted by Gasteiger charge is -2.16. The molecule has 0 N–H and O–H groups in total. The summed E-state index contributed by atoms with van der Waals surface area (Å²) in [6, 6.07) is 33.4. The smallest absolute Gasteiger partial charge is 0.194 e. The van der Waals surface area contributed by atoms with Crippen LogP contribution in [-0.2, 0) is 0 Å². The molecule has 0 aliphatic heterocycles. The minimum atomic E-state index is -0.0641. The first kappa shape index (κ1) is 18.4. The normalized spacial score (nSPS) is 11.6. The van der Waals surface area contributed by atoms with Crippen LogP contribution in [0.5, 0.6) is 11.5 Å². The topological polar surface area (TPSA) is 43.4 Å². The van der Waals surface area contributed by atoms with Gasteiger partial charge in [0.1, 0.15) is 11.5 Å². The molecule has 4 aromatic carbocycles. The molecule has 29 heavy (non-hydrogen) atoms. The number of para-hydroxylation sites is 2. The molecule has 5 rings (SSSR count). The zero-order chi connectivity index (χ0) is 20.1. The third-order valence-corrected chi connectivity index (χ3v) is 4.55. The number of hydrogen-bond acceptors (Lipinski definition) is 3. The highest BCUT2D eigenvalue weighted by Gasteiger charge is 2.28. The van der Waals surface area contributed by atoms with Crippen molar-refractivity contribution >= 4 is 11.6 Å². The molecule has 0 fully saturated rings. The number of ketones is 2. The fraction of sp³-hybridized carbons (Fsp3) is 0. The van der Waals surface area contributed by atoms with Gasteiger partial charge in [-0.05, 0) is 24.3 Å². The first-order valence-corrected chi connectivity index (χ1v) is 9.29. The highest BCUT2D eigenvalue weighted by molar-refractivity contribution is 6.28. The summed E-state index contributed by atoms with van der Waals surface area (Å²) in [5.74, 6) is 1.61. The van der Waals surface area contributed by atoms with E-state index >= 15 is 0 Å². The lowest BCUT2D eigenvalue weighted by Crippen LogP contribution is -2.20. The second kappa shape index (κ2) is 8.36. The number of ether oxygens (including phenoxy) is 1. The predicted molar refractivity (Wildman–Crippen MR) is 113 cm³/mol. The van der Waals surface area contributed by atoms with Gasteiger partial charge < -0.3 is 4.74 Å². The van der Waals surface area contributed by atoms with Crippen LogP contribution in [0.15, 0.2) is 109 Å². The van der Waals surface area contributed by atoms with E-state index in [0.29, 0.717) is 22.3 Å². The molecule has 4 aromatic rings. The largest absolute Gasteiger partial charge is 0.457 e. The van der Waals surface area contributed by atoms with Crippen LogP contribution in [0.3, 0.4) is 0 Å². The van der Waals surface area contributed by atoms with Crippen LogP contribution in [0.25, 0.3) is 0 Å². The van der Waals surface area contributed by atoms with Crippen molar-refractivity contribution in [3.63, 3.8) is 0 Å². The summed E-state index contributed by atoms with van der Waals surface area (Å²) in [6.45, 7) is 0. The quantitative estimate of drug-likeness (QED) is 0.382. The minimum absolute atomic E-state index is 0.0641. The Bertz CT molecular complexity index is 1010. The van der Waals surface area contributed by atoms with Gasteiger partial charge >= 0.3 is 0 Å². The van der Waals surface area contributed by atoms with Gasteiger partial charge in [-0.15, -0.1) is 0 Å². The Morgan fingerprint density at radius 3 is 0.966 bits per heavy atom. The Labute approximate surface area is 169 Å². The van der Waals surface area contributed by atoms with Crippen LogP contribution in [0.4, 0.5) is 0 Å². The number of carbonyl (C=O) groups is 2. The van der Waals surface area contributed by atoms with Gasteiger partial charge in [-0.2, -0.15) is 0 Å². The molecule has 3 nitrogen and oxygen atoms in total. The van der Waals surface area contributed by atoms with Gasteiger partial charge in [-0.25, -0.2) is 0 Å². The third-order valence-electron chi connectivity index (χ3n) is 4.55. The SMILES string of the molecule is O=C1c2ccccc2C(=O)c2ccccc21.c1ccc(Oc2ccccc2)cc1. The number of rotatable bonds is 2. The zero-order valence-corrected chi connectivity index (χ0v) is 15.6. The molecule has 0 amide bonds. The molecule has 0 bridgehead atoms. The highest BCUT2D eigenvalue weighted by Crippen LogP contribution is 2.26. The van der Waals surface area contributed by atoms with E-state index in [1.54, 1.807) is 48.5 Å². The van der Waals surface area contributed by atoms with E-state index in [1.165, 1.54) is 0 Å². The maximum atomic E-state index is 12.1. The van der Waals surface area contributed by atoms with Crippen molar-refractivity contribution in [2.45, 2.75) is 0 Å². The van der Waals surface area contributed by atoms with Gasteiger partial charge in [0.15, 0.2) is 11.6 Å². The average molecular weight is 378 g/mol. The Morgan fingerprint density at radius 1 is 0.379 bits per heavy atom. The second-order valence-corrected chi connectivity index (χ2v) is 6.48. The zero-order valence-electron chi connectivity index (χ0n) is 15.6. The van der Waals surface area contributed by atoms with E-state index < -0.39 is 0 Å². The number of carbonyl (C=O) groups excluding carboxylic acids is 2. The lowest BCUT2D eigenvalue weighted by atomic mass is 9.84. The molecule has 0 aromatic heterocycles. The fourth-order valence-corrected chi connectivity index (χ4v) is 3.16. The maximum Gasteiger partial charge on any atom is 0.194 e. The monoisotopic (exact) mass is 378 g/mol. The van der Waals surface area contributed by atoms with E-state index in [1.807, 2.05) is 60.7 Å². The van der Waals surface area contributed by atoms with E-state index in [2.05, 4.69) is 0 Å². The first-order chi connectivity index (χ1) is 14.2. The standard InChI is InChI=1S/C14H8O2.C12H10O/c15-13-9-5-1-2-6-10(9)14(16)12-8-4-3-7-11(12)13;1-3-7-11(8-4-1)13-12-9-5-2-6-10-12/h1-8H;1-10H. The van der Waals surface area contributed by atoms with Crippen molar-refractivity contribution < 1.29 is 14.3 Å². The molecule has 0 saturated heterocycles. The summed E-state index contributed by atoms with van der Waals surface area (Å²) in [5, 5.41) is 0. The van der Waals surface area contributed by atoms with Gasteiger partial charge in [0.05, 0.1) is 0 Å². The second-order valence-electron chi connectivity index (χ2n) is 6.48. The lowest BCUT2D eigenvalue weighted by molar-refractivity contribution is 0.0979. The van der Waals surface area contributed by atoms with E-state index in [0.717, 1.165) is 11.5 Å². The van der Waals surface area contributed by atoms with Gasteiger partial charge in [0.25, 0.3) is 0 Å². The molecule has 1 aliphatic carbocycles. The molecule has 0 unspecified atom stereocenters. The minimum Gasteiger partial charge on any atom is -0.457 e. The highest BCUT2D eigenvalue weighted by atomic mass is 16.5. The predicted octanol–water partition coefficient (Wildman–Crippen LogP) is 5.94. The number of hydrogen-bond donors (Lipinski definition) is 0. The molecular formula is C26H18O3. The van der Waals surface area contributed by atoms with Crippen molar-refractivity contribution in [3.8, 4) is 11.5 Å². The van der Waals surface area contributed by atoms with Crippen LogP contribution in [-0.4, -0.2) is 11.6 Å². The molecule has 0 saturated carbocycles. The van der Waals surface area contributed by atoms with E-state index in [4.69, 9.17) is 4.74 Å². The molecule has 0 atom stereocenters. The van der Waals surface area contributed by atoms with Crippen LogP contribution in [0, 0.1) is 0 Å². The molecule has 3 heteroatoms. The summed E-state index contributed by atoms with van der Waals surface area (Å²) in [4.78, 5) is 24.2. The molecule has 1 aliphatic rings. The van der Waals surface area contributed by atoms with Crippen LogP contribution >= 0.6 is 0 Å². The summed E-state index contributed by atoms with van der Waals surface area (Å²) in [7, 11) is 0. The Kier molecular flexibility index (Phi) is 5.30. The van der Waals surface area contributed by atoms with E-state index in [-0.39, 0.29) is 11.6 Å². The molecule has 0 heterocycles. The molecule has 0 radical (unpaired) electrons. The Hall–Kier alpha value is -3.98. The number of benzene rings is 4. The van der Waals surface area contributed by atoms with E-state index in [9.17, 15) is 9.59 Å². The molecule has 140 valence electrons. The van der Waals surface area contributed by atoms with Gasteiger partial charge in [-0.3, -0.25) is 9.59 Å². The number of fused-ring (bicyclic) bond motifs is 2. The summed E-state index contributed by atoms with van der Waals surface area (Å²) in [5.41, 5.74) is 2.02. The van der Waals surface area contributed by atoms with Crippen molar-refractivity contribution in [2.75, 3.05) is 0 Å².